The molecule has 2 heterocycles. The van der Waals surface area contributed by atoms with Crippen molar-refractivity contribution in [3.05, 3.63) is 65.9 Å². The molecule has 142 valence electrons. The van der Waals surface area contributed by atoms with Crippen LogP contribution in [0.1, 0.15) is 11.1 Å². The number of hydrogen-bond donors (Lipinski definition) is 2. The Labute approximate surface area is 160 Å². The molecule has 0 atom stereocenters. The van der Waals surface area contributed by atoms with E-state index in [1.165, 1.54) is 7.11 Å². The first-order valence-electron chi connectivity index (χ1n) is 8.65. The number of benzene rings is 2. The highest BCUT2D eigenvalue weighted by Gasteiger charge is 2.18. The molecule has 4 aromatic rings. The van der Waals surface area contributed by atoms with E-state index < -0.39 is 6.16 Å². The average Bonchev–Trinajstić information content (AvgIpc) is 3.07. The van der Waals surface area contributed by atoms with Crippen LogP contribution in [0.25, 0.3) is 21.8 Å². The summed E-state index contributed by atoms with van der Waals surface area (Å²) in [7, 11) is 1.53. The van der Waals surface area contributed by atoms with Gasteiger partial charge in [0, 0.05) is 23.4 Å². The smallest absolute Gasteiger partial charge is 0.489 e. The second-order valence-electron chi connectivity index (χ2n) is 6.24. The minimum Gasteiger partial charge on any atom is -0.489 e. The maximum Gasteiger partial charge on any atom is 0.512 e. The quantitative estimate of drug-likeness (QED) is 0.480. The Morgan fingerprint density at radius 1 is 1.11 bits per heavy atom. The van der Waals surface area contributed by atoms with Crippen LogP contribution in [0.15, 0.2) is 54.7 Å². The summed E-state index contributed by atoms with van der Waals surface area (Å²) >= 11 is 0. The third-order valence-electron chi connectivity index (χ3n) is 4.39. The predicted octanol–water partition coefficient (Wildman–Crippen LogP) is 4.50. The van der Waals surface area contributed by atoms with Crippen LogP contribution in [0.2, 0.25) is 0 Å². The Morgan fingerprint density at radius 2 is 1.93 bits per heavy atom. The van der Waals surface area contributed by atoms with Gasteiger partial charge in [-0.15, -0.1) is 0 Å². The number of pyridine rings is 1. The van der Waals surface area contributed by atoms with E-state index in [1.807, 2.05) is 48.5 Å². The van der Waals surface area contributed by atoms with Crippen LogP contribution in [-0.4, -0.2) is 28.3 Å². The van der Waals surface area contributed by atoms with Crippen molar-refractivity contribution in [1.82, 2.24) is 9.97 Å². The van der Waals surface area contributed by atoms with Gasteiger partial charge in [-0.3, -0.25) is 0 Å². The molecular weight excluding hydrogens is 360 g/mol. The number of aromatic amines is 1. The molecule has 0 aliphatic carbocycles. The number of aromatic nitrogens is 2. The standard InChI is InChI=1S/C21H18N2O5/c1-26-12-16-19-15-9-14(27-11-13-5-3-2-4-6-13)7-8-17(15)23-18(19)10-22-20(16)28-21(24)25/h2-10,23H,11-12H2,1H3,(H,24,25). The van der Waals surface area contributed by atoms with Gasteiger partial charge >= 0.3 is 6.16 Å². The van der Waals surface area contributed by atoms with Crippen LogP contribution in [0.3, 0.4) is 0 Å². The minimum atomic E-state index is -1.42. The zero-order valence-corrected chi connectivity index (χ0v) is 15.1. The fourth-order valence-electron chi connectivity index (χ4n) is 3.20. The van der Waals surface area contributed by atoms with Crippen molar-refractivity contribution in [3.63, 3.8) is 0 Å². The first-order valence-corrected chi connectivity index (χ1v) is 8.65. The van der Waals surface area contributed by atoms with E-state index in [0.29, 0.717) is 17.9 Å². The zero-order chi connectivity index (χ0) is 19.5. The molecule has 2 N–H and O–H groups in total. The van der Waals surface area contributed by atoms with Crippen LogP contribution in [-0.2, 0) is 18.0 Å². The van der Waals surface area contributed by atoms with Crippen LogP contribution >= 0.6 is 0 Å². The van der Waals surface area contributed by atoms with Crippen molar-refractivity contribution in [2.45, 2.75) is 13.2 Å². The summed E-state index contributed by atoms with van der Waals surface area (Å²) in [5, 5.41) is 10.7. The van der Waals surface area contributed by atoms with Gasteiger partial charge in [-0.2, -0.15) is 0 Å². The molecule has 7 nitrogen and oxygen atoms in total. The lowest BCUT2D eigenvalue weighted by Gasteiger charge is -2.09. The molecule has 0 radical (unpaired) electrons. The van der Waals surface area contributed by atoms with Gasteiger partial charge in [-0.1, -0.05) is 30.3 Å². The highest BCUT2D eigenvalue weighted by atomic mass is 16.7. The molecule has 28 heavy (non-hydrogen) atoms. The van der Waals surface area contributed by atoms with Crippen molar-refractivity contribution < 1.29 is 24.1 Å². The molecule has 0 aliphatic heterocycles. The Hall–Kier alpha value is -3.58. The fourth-order valence-corrected chi connectivity index (χ4v) is 3.20. The average molecular weight is 378 g/mol. The molecule has 0 saturated heterocycles. The van der Waals surface area contributed by atoms with Crippen molar-refractivity contribution >= 4 is 28.0 Å². The number of methoxy groups -OCH3 is 1. The van der Waals surface area contributed by atoms with Crippen molar-refractivity contribution in [2.24, 2.45) is 0 Å². The SMILES string of the molecule is COCc1c(OC(=O)O)ncc2[nH]c3ccc(OCc4ccccc4)cc3c12. The summed E-state index contributed by atoms with van der Waals surface area (Å²) < 4.78 is 16.0. The van der Waals surface area contributed by atoms with Crippen molar-refractivity contribution in [2.75, 3.05) is 7.11 Å². The summed E-state index contributed by atoms with van der Waals surface area (Å²) in [6.07, 6.45) is 0.132. The van der Waals surface area contributed by atoms with Crippen LogP contribution in [0.5, 0.6) is 11.6 Å². The molecule has 0 bridgehead atoms. The molecule has 7 heteroatoms. The maximum atomic E-state index is 11.0. The molecule has 0 spiro atoms. The Kier molecular flexibility index (Phi) is 4.82. The van der Waals surface area contributed by atoms with E-state index in [4.69, 9.17) is 19.3 Å². The normalized spacial score (nSPS) is 11.0. The predicted molar refractivity (Wildman–Crippen MR) is 104 cm³/mol. The Bertz CT molecular complexity index is 1140. The van der Waals surface area contributed by atoms with Gasteiger partial charge in [0.1, 0.15) is 12.4 Å². The molecule has 0 amide bonds. The first kappa shape index (κ1) is 17.8. The van der Waals surface area contributed by atoms with Gasteiger partial charge in [0.05, 0.1) is 23.9 Å². The highest BCUT2D eigenvalue weighted by Crippen LogP contribution is 2.35. The third kappa shape index (κ3) is 3.47. The lowest BCUT2D eigenvalue weighted by molar-refractivity contribution is 0.139. The topological polar surface area (TPSA) is 93.7 Å². The van der Waals surface area contributed by atoms with E-state index in [2.05, 4.69) is 9.97 Å². The number of hydrogen-bond acceptors (Lipinski definition) is 5. The Morgan fingerprint density at radius 3 is 2.68 bits per heavy atom. The number of carboxylic acid groups (broad SMARTS) is 1. The monoisotopic (exact) mass is 378 g/mol. The summed E-state index contributed by atoms with van der Waals surface area (Å²) in [6, 6.07) is 15.6. The molecular formula is C21H18N2O5. The van der Waals surface area contributed by atoms with Crippen molar-refractivity contribution in [3.8, 4) is 11.6 Å². The van der Waals surface area contributed by atoms with Crippen LogP contribution in [0.4, 0.5) is 4.79 Å². The van der Waals surface area contributed by atoms with Gasteiger partial charge in [0.15, 0.2) is 0 Å². The van der Waals surface area contributed by atoms with E-state index in [0.717, 1.165) is 27.4 Å². The molecule has 2 aromatic heterocycles. The molecule has 0 aliphatic rings. The molecule has 2 aromatic carbocycles. The van der Waals surface area contributed by atoms with Gasteiger partial charge in [0.25, 0.3) is 0 Å². The van der Waals surface area contributed by atoms with Crippen molar-refractivity contribution in [1.29, 1.82) is 0 Å². The van der Waals surface area contributed by atoms with Crippen LogP contribution in [0, 0.1) is 0 Å². The maximum absolute atomic E-state index is 11.0. The molecule has 0 fully saturated rings. The number of fused-ring (bicyclic) bond motifs is 3. The number of nitrogens with zero attached hydrogens (tertiary/aromatic N) is 1. The third-order valence-corrected chi connectivity index (χ3v) is 4.39. The first-order chi connectivity index (χ1) is 13.7. The largest absolute Gasteiger partial charge is 0.512 e. The lowest BCUT2D eigenvalue weighted by Crippen LogP contribution is -2.07. The Balaban J connectivity index is 1.77. The number of nitrogens with one attached hydrogen (secondary N) is 1. The van der Waals surface area contributed by atoms with Crippen LogP contribution < -0.4 is 9.47 Å². The number of ether oxygens (including phenoxy) is 3. The van der Waals surface area contributed by atoms with E-state index in [9.17, 15) is 4.79 Å². The highest BCUT2D eigenvalue weighted by molar-refractivity contribution is 6.09. The van der Waals surface area contributed by atoms with Gasteiger partial charge in [-0.05, 0) is 23.8 Å². The molecule has 0 saturated carbocycles. The second-order valence-corrected chi connectivity index (χ2v) is 6.24. The fraction of sp³-hybridized carbons (Fsp3) is 0.143. The van der Waals surface area contributed by atoms with Gasteiger partial charge in [-0.25, -0.2) is 9.78 Å². The van der Waals surface area contributed by atoms with E-state index in [-0.39, 0.29) is 12.5 Å². The molecule has 0 unspecified atom stereocenters. The van der Waals surface area contributed by atoms with Gasteiger partial charge in [0.2, 0.25) is 5.88 Å². The number of H-pyrrole nitrogens is 1. The van der Waals surface area contributed by atoms with Gasteiger partial charge < -0.3 is 24.3 Å². The van der Waals surface area contributed by atoms with E-state index >= 15 is 0 Å². The summed E-state index contributed by atoms with van der Waals surface area (Å²) in [5.74, 6) is 0.719. The summed E-state index contributed by atoms with van der Waals surface area (Å²) in [6.45, 7) is 0.615. The summed E-state index contributed by atoms with van der Waals surface area (Å²) in [5.41, 5.74) is 3.28. The molecule has 4 rings (SSSR count). The number of carbonyl (C=O) groups is 1. The number of rotatable bonds is 6. The summed E-state index contributed by atoms with van der Waals surface area (Å²) in [4.78, 5) is 18.4. The lowest BCUT2D eigenvalue weighted by atomic mass is 10.1. The van der Waals surface area contributed by atoms with E-state index in [1.54, 1.807) is 6.20 Å². The second kappa shape index (κ2) is 7.58. The zero-order valence-electron chi connectivity index (χ0n) is 15.1. The minimum absolute atomic E-state index is 0.0124.